The largest absolute Gasteiger partial charge is 0.341 e. The maximum atomic E-state index is 12.5. The lowest BCUT2D eigenvalue weighted by molar-refractivity contribution is -0.388. The number of halogens is 2. The Bertz CT molecular complexity index is 837. The quantitative estimate of drug-likeness (QED) is 0.624. The molecule has 11 heteroatoms. The monoisotopic (exact) mass is 363 g/mol. The highest BCUT2D eigenvalue weighted by atomic mass is 32.2. The molecule has 0 saturated carbocycles. The summed E-state index contributed by atoms with van der Waals surface area (Å²) in [6, 6.07) is 2.67. The van der Waals surface area contributed by atoms with Gasteiger partial charge in [-0.3, -0.25) is 10.1 Å². The maximum absolute atomic E-state index is 12.5. The molecule has 2 rings (SSSR count). The van der Waals surface area contributed by atoms with Crippen molar-refractivity contribution >= 4 is 27.3 Å². The lowest BCUT2D eigenvalue weighted by atomic mass is 10.3. The minimum Gasteiger partial charge on any atom is -0.337 e. The maximum Gasteiger partial charge on any atom is 0.341 e. The van der Waals surface area contributed by atoms with Crippen LogP contribution < -0.4 is 0 Å². The van der Waals surface area contributed by atoms with E-state index in [9.17, 15) is 27.3 Å². The zero-order valence-electron chi connectivity index (χ0n) is 11.7. The molecule has 0 aliphatic rings. The van der Waals surface area contributed by atoms with Crippen molar-refractivity contribution in [3.05, 3.63) is 40.2 Å². The highest BCUT2D eigenvalue weighted by Crippen LogP contribution is 2.35. The number of nitro benzene ring substituents is 1. The Morgan fingerprint density at radius 2 is 2.13 bits per heavy atom. The van der Waals surface area contributed by atoms with Gasteiger partial charge in [-0.1, -0.05) is 6.92 Å². The van der Waals surface area contributed by atoms with Gasteiger partial charge in [0, 0.05) is 18.0 Å². The summed E-state index contributed by atoms with van der Waals surface area (Å²) in [5.41, 5.74) is 0.248. The Morgan fingerprint density at radius 1 is 1.43 bits per heavy atom. The predicted molar refractivity (Wildman–Crippen MR) is 78.4 cm³/mol. The topological polar surface area (TPSA) is 106 Å². The second kappa shape index (κ2) is 6.62. The number of imidazole rings is 1. The van der Waals surface area contributed by atoms with Crippen LogP contribution in [0.15, 0.2) is 39.3 Å². The molecule has 0 atom stereocenters. The summed E-state index contributed by atoms with van der Waals surface area (Å²) in [5.74, 6) is -3.64. The van der Waals surface area contributed by atoms with E-state index in [1.54, 1.807) is 6.20 Å². The normalized spacial score (nSPS) is 11.8. The Labute approximate surface area is 134 Å². The van der Waals surface area contributed by atoms with Crippen LogP contribution in [-0.2, 0) is 16.3 Å². The first-order valence-corrected chi connectivity index (χ1v) is 8.64. The predicted octanol–water partition coefficient (Wildman–Crippen LogP) is 3.03. The van der Waals surface area contributed by atoms with Gasteiger partial charge >= 0.3 is 5.76 Å². The summed E-state index contributed by atoms with van der Waals surface area (Å²) in [4.78, 5) is 16.5. The molecule has 0 unspecified atom stereocenters. The number of hydrogen-bond acceptors (Lipinski definition) is 6. The van der Waals surface area contributed by atoms with Crippen molar-refractivity contribution in [2.75, 3.05) is 0 Å². The Hall–Kier alpha value is -2.01. The smallest absolute Gasteiger partial charge is 0.337 e. The number of benzene rings is 1. The summed E-state index contributed by atoms with van der Waals surface area (Å²) in [6.07, 6.45) is 2.27. The molecule has 23 heavy (non-hydrogen) atoms. The average Bonchev–Trinajstić information content (AvgIpc) is 2.94. The molecule has 0 aliphatic heterocycles. The minimum atomic E-state index is -4.89. The van der Waals surface area contributed by atoms with E-state index < -0.39 is 31.1 Å². The van der Waals surface area contributed by atoms with Crippen LogP contribution in [0.4, 0.5) is 14.5 Å². The van der Waals surface area contributed by atoms with Gasteiger partial charge < -0.3 is 4.98 Å². The van der Waals surface area contributed by atoms with E-state index in [1.807, 2.05) is 6.92 Å². The second-order valence-corrected chi connectivity index (χ2v) is 7.31. The molecule has 2 aromatic rings. The third-order valence-electron chi connectivity index (χ3n) is 2.88. The number of aromatic nitrogens is 2. The molecule has 1 aromatic heterocycles. The first-order chi connectivity index (χ1) is 10.8. The standard InChI is InChI=1S/C12H11F2N3O4S2/c1-2-7-6-15-12(16-7)22-10-4-3-8(5-9(10)17(18)19)23(20,21)11(13)14/h3-6,11H,2H2,1H3,(H,15,16). The fraction of sp³-hybridized carbons (Fsp3) is 0.250. The summed E-state index contributed by atoms with van der Waals surface area (Å²) >= 11 is 0.916. The van der Waals surface area contributed by atoms with E-state index in [-0.39, 0.29) is 4.90 Å². The van der Waals surface area contributed by atoms with Crippen molar-refractivity contribution in [2.24, 2.45) is 0 Å². The molecule has 1 heterocycles. The highest BCUT2D eigenvalue weighted by Gasteiger charge is 2.29. The van der Waals surface area contributed by atoms with E-state index in [0.29, 0.717) is 17.6 Å². The van der Waals surface area contributed by atoms with E-state index in [4.69, 9.17) is 0 Å². The number of nitrogens with one attached hydrogen (secondary N) is 1. The van der Waals surface area contributed by atoms with Crippen molar-refractivity contribution in [1.82, 2.24) is 9.97 Å². The molecule has 0 fully saturated rings. The van der Waals surface area contributed by atoms with Crippen molar-refractivity contribution in [1.29, 1.82) is 0 Å². The molecule has 0 bridgehead atoms. The van der Waals surface area contributed by atoms with Crippen molar-refractivity contribution in [3.63, 3.8) is 0 Å². The van der Waals surface area contributed by atoms with Gasteiger partial charge in [0.1, 0.15) is 0 Å². The van der Waals surface area contributed by atoms with E-state index in [1.165, 1.54) is 0 Å². The summed E-state index contributed by atoms with van der Waals surface area (Å²) < 4.78 is 47.9. The van der Waals surface area contributed by atoms with Crippen LogP contribution in [0.2, 0.25) is 0 Å². The number of rotatable bonds is 6. The number of H-pyrrole nitrogens is 1. The first kappa shape index (κ1) is 17.3. The summed E-state index contributed by atoms with van der Waals surface area (Å²) in [5, 5.41) is 11.5. The number of nitrogens with zero attached hydrogens (tertiary/aromatic N) is 2. The summed E-state index contributed by atoms with van der Waals surface area (Å²) in [7, 11) is -4.89. The number of alkyl halides is 2. The number of hydrogen-bond donors (Lipinski definition) is 1. The minimum absolute atomic E-state index is 0.0974. The molecule has 0 aliphatic carbocycles. The zero-order chi connectivity index (χ0) is 17.2. The van der Waals surface area contributed by atoms with E-state index >= 15 is 0 Å². The van der Waals surface area contributed by atoms with Crippen LogP contribution in [0, 0.1) is 10.1 Å². The molecule has 0 spiro atoms. The Kier molecular flexibility index (Phi) is 5.00. The molecular weight excluding hydrogens is 352 g/mol. The summed E-state index contributed by atoms with van der Waals surface area (Å²) in [6.45, 7) is 1.90. The lowest BCUT2D eigenvalue weighted by Crippen LogP contribution is -2.11. The molecule has 1 N–H and O–H groups in total. The molecule has 0 amide bonds. The molecule has 1 aromatic carbocycles. The van der Waals surface area contributed by atoms with Crippen LogP contribution >= 0.6 is 11.8 Å². The number of sulfone groups is 1. The van der Waals surface area contributed by atoms with Gasteiger partial charge in [-0.2, -0.15) is 8.78 Å². The van der Waals surface area contributed by atoms with Gasteiger partial charge in [-0.05, 0) is 30.3 Å². The third kappa shape index (κ3) is 3.67. The molecule has 124 valence electrons. The average molecular weight is 363 g/mol. The van der Waals surface area contributed by atoms with Gasteiger partial charge in [0.05, 0.1) is 14.7 Å². The van der Waals surface area contributed by atoms with E-state index in [2.05, 4.69) is 9.97 Å². The van der Waals surface area contributed by atoms with Crippen LogP contribution in [0.1, 0.15) is 12.6 Å². The zero-order valence-corrected chi connectivity index (χ0v) is 13.3. The lowest BCUT2D eigenvalue weighted by Gasteiger charge is -2.05. The van der Waals surface area contributed by atoms with Crippen molar-refractivity contribution < 1.29 is 22.1 Å². The fourth-order valence-electron chi connectivity index (χ4n) is 1.68. The van der Waals surface area contributed by atoms with Gasteiger partial charge in [0.2, 0.25) is 9.84 Å². The molecular formula is C12H11F2N3O4S2. The first-order valence-electron chi connectivity index (χ1n) is 6.28. The van der Waals surface area contributed by atoms with Crippen LogP contribution in [-0.4, -0.2) is 29.1 Å². The number of aromatic amines is 1. The SMILES string of the molecule is CCc1cnc(Sc2ccc(S(=O)(=O)C(F)F)cc2[N+](=O)[O-])[nH]1. The van der Waals surface area contributed by atoms with Gasteiger partial charge in [-0.15, -0.1) is 0 Å². The molecule has 0 radical (unpaired) electrons. The third-order valence-corrected chi connectivity index (χ3v) is 5.23. The van der Waals surface area contributed by atoms with Crippen molar-refractivity contribution in [3.8, 4) is 0 Å². The number of aryl methyl sites for hydroxylation is 1. The van der Waals surface area contributed by atoms with Gasteiger partial charge in [0.25, 0.3) is 5.69 Å². The fourth-order valence-corrected chi connectivity index (χ4v) is 3.29. The van der Waals surface area contributed by atoms with Crippen molar-refractivity contribution in [2.45, 2.75) is 34.0 Å². The Balaban J connectivity index is 2.43. The van der Waals surface area contributed by atoms with Gasteiger partial charge in [0.15, 0.2) is 5.16 Å². The highest BCUT2D eigenvalue weighted by molar-refractivity contribution is 7.99. The van der Waals surface area contributed by atoms with Crippen LogP contribution in [0.25, 0.3) is 0 Å². The van der Waals surface area contributed by atoms with Crippen LogP contribution in [0.5, 0.6) is 0 Å². The van der Waals surface area contributed by atoms with Gasteiger partial charge in [-0.25, -0.2) is 13.4 Å². The second-order valence-electron chi connectivity index (χ2n) is 4.36. The number of nitro groups is 1. The van der Waals surface area contributed by atoms with E-state index in [0.717, 1.165) is 29.6 Å². The molecule has 0 saturated heterocycles. The Morgan fingerprint density at radius 3 is 2.65 bits per heavy atom. The van der Waals surface area contributed by atoms with Crippen LogP contribution in [0.3, 0.4) is 0 Å². The molecule has 7 nitrogen and oxygen atoms in total.